The van der Waals surface area contributed by atoms with Crippen LogP contribution in [0.25, 0.3) is 0 Å². The Morgan fingerprint density at radius 2 is 1.09 bits per heavy atom. The van der Waals surface area contributed by atoms with Crippen LogP contribution in [0.15, 0.2) is 101 Å². The first-order valence-corrected chi connectivity index (χ1v) is 17.0. The summed E-state index contributed by atoms with van der Waals surface area (Å²) in [4.78, 5) is 0. The molecule has 1 aliphatic rings. The average molecular weight is 548 g/mol. The topological polar surface area (TPSA) is 13.1 Å². The van der Waals surface area contributed by atoms with Gasteiger partial charge >= 0.3 is 219 Å². The first kappa shape index (κ1) is 24.5. The predicted octanol–water partition coefficient (Wildman–Crippen LogP) is 8.53. The fourth-order valence-electron chi connectivity index (χ4n) is 6.01. The Balaban J connectivity index is 1.86. The Bertz CT molecular complexity index is 1190. The Labute approximate surface area is 218 Å². The fourth-order valence-corrected chi connectivity index (χ4v) is 13.8. The molecular formula is C32H36BrOP. The summed E-state index contributed by atoms with van der Waals surface area (Å²) in [6.07, 6.45) is 2.32. The van der Waals surface area contributed by atoms with Crippen LogP contribution >= 0.6 is 20.8 Å². The van der Waals surface area contributed by atoms with E-state index < -0.39 is 5.31 Å². The van der Waals surface area contributed by atoms with E-state index in [0.717, 1.165) is 12.2 Å². The van der Waals surface area contributed by atoms with Gasteiger partial charge in [-0.05, 0) is 0 Å². The predicted molar refractivity (Wildman–Crippen MR) is 156 cm³/mol. The molecular weight excluding hydrogens is 511 g/mol. The molecule has 1 unspecified atom stereocenters. The molecule has 0 fully saturated rings. The molecule has 0 saturated heterocycles. The van der Waals surface area contributed by atoms with Gasteiger partial charge in [-0.1, -0.05) is 0 Å². The van der Waals surface area contributed by atoms with Crippen molar-refractivity contribution >= 4 is 36.7 Å². The molecule has 3 aromatic carbocycles. The second-order valence-electron chi connectivity index (χ2n) is 11.4. The van der Waals surface area contributed by atoms with Gasteiger partial charge in [0.25, 0.3) is 0 Å². The third kappa shape index (κ3) is 3.59. The molecule has 0 bridgehead atoms. The summed E-state index contributed by atoms with van der Waals surface area (Å²) in [7, 11) is 0. The van der Waals surface area contributed by atoms with Gasteiger partial charge in [0.2, 0.25) is 0 Å². The molecule has 4 aromatic rings. The summed E-state index contributed by atoms with van der Waals surface area (Å²) in [5.74, 6) is 2.24. The molecule has 3 heteroatoms. The SMILES string of the molecule is CC(c1cc2c(o1)C(C)(C)CCC2(C)C)P(Br)(c1ccccc1)(c1ccccc1)c1ccccc1. The second-order valence-corrected chi connectivity index (χ2v) is 20.3. The van der Waals surface area contributed by atoms with Crippen LogP contribution in [0.3, 0.4) is 0 Å². The number of benzene rings is 3. The molecule has 0 N–H and O–H groups in total. The van der Waals surface area contributed by atoms with E-state index in [2.05, 4.69) is 147 Å². The van der Waals surface area contributed by atoms with Crippen molar-refractivity contribution in [2.24, 2.45) is 0 Å². The van der Waals surface area contributed by atoms with Gasteiger partial charge in [0.15, 0.2) is 0 Å². The van der Waals surface area contributed by atoms with Crippen LogP contribution < -0.4 is 15.9 Å². The van der Waals surface area contributed by atoms with E-state index in [1.807, 2.05) is 0 Å². The number of halogens is 1. The molecule has 5 rings (SSSR count). The summed E-state index contributed by atoms with van der Waals surface area (Å²) in [5, 5.41) is 0.764. The summed E-state index contributed by atoms with van der Waals surface area (Å²) >= 11 is 4.64. The van der Waals surface area contributed by atoms with Crippen LogP contribution in [0.1, 0.15) is 70.2 Å². The Kier molecular flexibility index (Phi) is 5.93. The van der Waals surface area contributed by atoms with Crippen LogP contribution in [-0.4, -0.2) is 0 Å². The van der Waals surface area contributed by atoms with Crippen LogP contribution in [0.2, 0.25) is 0 Å². The number of rotatable bonds is 5. The van der Waals surface area contributed by atoms with Crippen LogP contribution in [-0.2, 0) is 10.8 Å². The molecule has 0 aliphatic heterocycles. The normalized spacial score (nSPS) is 18.7. The number of hydrogen-bond acceptors (Lipinski definition) is 1. The second kappa shape index (κ2) is 8.46. The van der Waals surface area contributed by atoms with Gasteiger partial charge in [-0.15, -0.1) is 0 Å². The summed E-state index contributed by atoms with van der Waals surface area (Å²) in [6, 6.07) is 35.4. The number of furan rings is 1. The summed E-state index contributed by atoms with van der Waals surface area (Å²) in [6.45, 7) is 11.8. The maximum absolute atomic E-state index is 6.96. The molecule has 182 valence electrons. The van der Waals surface area contributed by atoms with Gasteiger partial charge in [-0.3, -0.25) is 0 Å². The van der Waals surface area contributed by atoms with Crippen molar-refractivity contribution in [3.63, 3.8) is 0 Å². The fraction of sp³-hybridized carbons (Fsp3) is 0.312. The van der Waals surface area contributed by atoms with Crippen LogP contribution in [0, 0.1) is 0 Å². The van der Waals surface area contributed by atoms with Gasteiger partial charge in [-0.2, -0.15) is 0 Å². The molecule has 1 nitrogen and oxygen atoms in total. The maximum atomic E-state index is 6.96. The quantitative estimate of drug-likeness (QED) is 0.228. The first-order chi connectivity index (χ1) is 16.6. The van der Waals surface area contributed by atoms with Crippen molar-refractivity contribution in [3.8, 4) is 0 Å². The van der Waals surface area contributed by atoms with Crippen LogP contribution in [0.5, 0.6) is 0 Å². The van der Waals surface area contributed by atoms with Gasteiger partial charge in [-0.25, -0.2) is 0 Å². The van der Waals surface area contributed by atoms with Gasteiger partial charge < -0.3 is 0 Å². The van der Waals surface area contributed by atoms with Crippen molar-refractivity contribution in [3.05, 3.63) is 114 Å². The number of fused-ring (bicyclic) bond motifs is 1. The van der Waals surface area contributed by atoms with Gasteiger partial charge in [0, 0.05) is 0 Å². The Morgan fingerprint density at radius 3 is 1.49 bits per heavy atom. The summed E-state index contributed by atoms with van der Waals surface area (Å²) < 4.78 is 6.96. The van der Waals surface area contributed by atoms with E-state index in [1.165, 1.54) is 33.7 Å². The molecule has 1 aromatic heterocycles. The van der Waals surface area contributed by atoms with Crippen molar-refractivity contribution in [1.82, 2.24) is 0 Å². The molecule has 1 aliphatic carbocycles. The van der Waals surface area contributed by atoms with Gasteiger partial charge in [0.1, 0.15) is 0 Å². The van der Waals surface area contributed by atoms with E-state index in [-0.39, 0.29) is 16.5 Å². The minimum atomic E-state index is -3.18. The first-order valence-electron chi connectivity index (χ1n) is 12.6. The van der Waals surface area contributed by atoms with Crippen molar-refractivity contribution in [2.45, 2.75) is 63.9 Å². The minimum absolute atomic E-state index is 0.0395. The number of hydrogen-bond donors (Lipinski definition) is 0. The molecule has 1 heterocycles. The molecule has 0 spiro atoms. The van der Waals surface area contributed by atoms with E-state index >= 15 is 0 Å². The summed E-state index contributed by atoms with van der Waals surface area (Å²) in [5.41, 5.74) is 1.62. The molecule has 35 heavy (non-hydrogen) atoms. The molecule has 1 atom stereocenters. The van der Waals surface area contributed by atoms with E-state index in [0.29, 0.717) is 0 Å². The average Bonchev–Trinajstić information content (AvgIpc) is 3.36. The monoisotopic (exact) mass is 546 g/mol. The molecule has 0 saturated carbocycles. The van der Waals surface area contributed by atoms with Crippen molar-refractivity contribution < 1.29 is 4.42 Å². The van der Waals surface area contributed by atoms with E-state index in [9.17, 15) is 0 Å². The molecule has 0 amide bonds. The third-order valence-electron chi connectivity index (χ3n) is 8.39. The van der Waals surface area contributed by atoms with Crippen LogP contribution in [0.4, 0.5) is 0 Å². The molecule has 0 radical (unpaired) electrons. The zero-order valence-corrected chi connectivity index (χ0v) is 23.9. The van der Waals surface area contributed by atoms with E-state index in [1.54, 1.807) is 0 Å². The third-order valence-corrected chi connectivity index (χ3v) is 19.6. The van der Waals surface area contributed by atoms with E-state index in [4.69, 9.17) is 4.42 Å². The Morgan fingerprint density at radius 1 is 0.686 bits per heavy atom. The Hall–Kier alpha value is -2.15. The zero-order chi connectivity index (χ0) is 24.9. The standard InChI is InChI=1S/C32H36BrOP/c1-24(29-23-28-30(34-29)32(4,5)22-21-31(28,2)3)35(33,25-15-9-6-10-16-25,26-17-11-7-12-18-26)27-19-13-8-14-20-27/h6-20,23-24H,21-22H2,1-5H3. The van der Waals surface area contributed by atoms with Crippen molar-refractivity contribution in [1.29, 1.82) is 0 Å². The van der Waals surface area contributed by atoms with Gasteiger partial charge in [0.05, 0.1) is 0 Å². The zero-order valence-electron chi connectivity index (χ0n) is 21.5. The van der Waals surface area contributed by atoms with Crippen molar-refractivity contribution in [2.75, 3.05) is 0 Å².